The molecule has 0 spiro atoms. The molecule has 3 rings (SSSR count). The number of hydrogen-bond donors (Lipinski definition) is 1. The van der Waals surface area contributed by atoms with Gasteiger partial charge in [-0.3, -0.25) is 4.68 Å². The molecule has 0 aliphatic heterocycles. The Morgan fingerprint density at radius 1 is 1.29 bits per heavy atom. The number of thiophene rings is 1. The number of benzene rings is 1. The highest BCUT2D eigenvalue weighted by atomic mass is 35.5. The number of nitrogens with zero attached hydrogens (tertiary/aromatic N) is 2. The van der Waals surface area contributed by atoms with Crippen LogP contribution in [-0.4, -0.2) is 16.9 Å². The minimum Gasteiger partial charge on any atom is -0.495 e. The van der Waals surface area contributed by atoms with Gasteiger partial charge in [-0.2, -0.15) is 5.10 Å². The van der Waals surface area contributed by atoms with Crippen molar-refractivity contribution in [2.24, 2.45) is 7.05 Å². The quantitative estimate of drug-likeness (QED) is 0.792. The molecule has 0 saturated carbocycles. The first-order valence-electron chi connectivity index (χ1n) is 6.32. The molecular formula is C15H14ClN3OS. The first kappa shape index (κ1) is 14.0. The lowest BCUT2D eigenvalue weighted by Gasteiger charge is -2.06. The van der Waals surface area contributed by atoms with Crippen molar-refractivity contribution in [2.75, 3.05) is 12.8 Å². The highest BCUT2D eigenvalue weighted by Crippen LogP contribution is 2.44. The van der Waals surface area contributed by atoms with E-state index in [0.29, 0.717) is 10.8 Å². The third-order valence-corrected chi connectivity index (χ3v) is 4.53. The number of ether oxygens (including phenoxy) is 1. The van der Waals surface area contributed by atoms with Crippen LogP contribution in [0, 0.1) is 0 Å². The fourth-order valence-electron chi connectivity index (χ4n) is 2.26. The van der Waals surface area contributed by atoms with E-state index in [1.54, 1.807) is 23.1 Å². The molecule has 6 heteroatoms. The maximum absolute atomic E-state index is 6.33. The van der Waals surface area contributed by atoms with Gasteiger partial charge in [-0.05, 0) is 17.5 Å². The van der Waals surface area contributed by atoms with Gasteiger partial charge < -0.3 is 10.5 Å². The largest absolute Gasteiger partial charge is 0.495 e. The zero-order valence-corrected chi connectivity index (χ0v) is 13.2. The Hall–Kier alpha value is -1.98. The number of aromatic nitrogens is 2. The van der Waals surface area contributed by atoms with E-state index in [0.717, 1.165) is 27.4 Å². The summed E-state index contributed by atoms with van der Waals surface area (Å²) in [5.74, 6) is 1.36. The average Bonchev–Trinajstić information content (AvgIpc) is 3.05. The van der Waals surface area contributed by atoms with E-state index in [1.165, 1.54) is 0 Å². The van der Waals surface area contributed by atoms with E-state index >= 15 is 0 Å². The topological polar surface area (TPSA) is 53.1 Å². The minimum absolute atomic E-state index is 0.577. The standard InChI is InChI=1S/C15H14ClN3OS/c1-19-15(17)12(9-5-3-4-6-10(9)16)13(18-19)14-11(20-2)7-8-21-14/h3-8H,17H2,1-2H3. The Labute approximate surface area is 131 Å². The lowest BCUT2D eigenvalue weighted by molar-refractivity contribution is 0.418. The number of anilines is 1. The Morgan fingerprint density at radius 2 is 2.05 bits per heavy atom. The van der Waals surface area contributed by atoms with E-state index in [4.69, 9.17) is 22.1 Å². The van der Waals surface area contributed by atoms with Gasteiger partial charge in [0.2, 0.25) is 0 Å². The minimum atomic E-state index is 0.577. The Kier molecular flexibility index (Phi) is 3.61. The van der Waals surface area contributed by atoms with Crippen LogP contribution in [0.3, 0.4) is 0 Å². The van der Waals surface area contributed by atoms with Crippen LogP contribution in [0.2, 0.25) is 5.02 Å². The third kappa shape index (κ3) is 2.28. The molecule has 1 aromatic carbocycles. The van der Waals surface area contributed by atoms with Crippen molar-refractivity contribution in [1.82, 2.24) is 9.78 Å². The third-order valence-electron chi connectivity index (χ3n) is 3.30. The van der Waals surface area contributed by atoms with E-state index < -0.39 is 0 Å². The normalized spacial score (nSPS) is 10.8. The summed E-state index contributed by atoms with van der Waals surface area (Å²) in [7, 11) is 3.46. The molecule has 2 heterocycles. The number of nitrogens with two attached hydrogens (primary N) is 1. The molecule has 0 radical (unpaired) electrons. The summed E-state index contributed by atoms with van der Waals surface area (Å²) in [5, 5.41) is 7.16. The van der Waals surface area contributed by atoms with Crippen LogP contribution in [0.4, 0.5) is 5.82 Å². The van der Waals surface area contributed by atoms with Gasteiger partial charge >= 0.3 is 0 Å². The molecule has 0 bridgehead atoms. The monoisotopic (exact) mass is 319 g/mol. The maximum atomic E-state index is 6.33. The lowest BCUT2D eigenvalue weighted by Crippen LogP contribution is -1.98. The zero-order valence-electron chi connectivity index (χ0n) is 11.6. The second kappa shape index (κ2) is 5.42. The second-order valence-electron chi connectivity index (χ2n) is 4.53. The summed E-state index contributed by atoms with van der Waals surface area (Å²) in [6.07, 6.45) is 0. The summed E-state index contributed by atoms with van der Waals surface area (Å²) in [6.45, 7) is 0. The first-order valence-corrected chi connectivity index (χ1v) is 7.58. The average molecular weight is 320 g/mol. The summed E-state index contributed by atoms with van der Waals surface area (Å²) in [6, 6.07) is 9.53. The highest BCUT2D eigenvalue weighted by Gasteiger charge is 2.22. The number of nitrogen functional groups attached to an aromatic ring is 1. The molecule has 0 unspecified atom stereocenters. The van der Waals surface area contributed by atoms with E-state index in [2.05, 4.69) is 5.10 Å². The first-order chi connectivity index (χ1) is 10.1. The van der Waals surface area contributed by atoms with Crippen LogP contribution in [0.5, 0.6) is 5.75 Å². The smallest absolute Gasteiger partial charge is 0.139 e. The van der Waals surface area contributed by atoms with Gasteiger partial charge in [0.1, 0.15) is 17.3 Å². The number of halogens is 1. The van der Waals surface area contributed by atoms with Gasteiger partial charge in [0.15, 0.2) is 0 Å². The van der Waals surface area contributed by atoms with Crippen LogP contribution in [0.15, 0.2) is 35.7 Å². The van der Waals surface area contributed by atoms with Crippen LogP contribution < -0.4 is 10.5 Å². The molecule has 0 saturated heterocycles. The van der Waals surface area contributed by atoms with Crippen molar-refractivity contribution >= 4 is 28.8 Å². The molecule has 0 aliphatic rings. The molecule has 0 atom stereocenters. The number of hydrogen-bond acceptors (Lipinski definition) is 4. The Morgan fingerprint density at radius 3 is 2.76 bits per heavy atom. The molecule has 0 fully saturated rings. The van der Waals surface area contributed by atoms with Gasteiger partial charge in [-0.15, -0.1) is 11.3 Å². The van der Waals surface area contributed by atoms with Crippen LogP contribution in [0.1, 0.15) is 0 Å². The second-order valence-corrected chi connectivity index (χ2v) is 5.85. The van der Waals surface area contributed by atoms with Gasteiger partial charge in [0.25, 0.3) is 0 Å². The van der Waals surface area contributed by atoms with E-state index in [1.807, 2.05) is 42.8 Å². The van der Waals surface area contributed by atoms with Gasteiger partial charge in [-0.1, -0.05) is 29.8 Å². The SMILES string of the molecule is COc1ccsc1-c1nn(C)c(N)c1-c1ccccc1Cl. The van der Waals surface area contributed by atoms with Gasteiger partial charge in [0.05, 0.1) is 17.6 Å². The van der Waals surface area contributed by atoms with Crippen molar-refractivity contribution in [1.29, 1.82) is 0 Å². The molecule has 3 aromatic rings. The van der Waals surface area contributed by atoms with Crippen molar-refractivity contribution in [3.63, 3.8) is 0 Å². The van der Waals surface area contributed by atoms with Crippen molar-refractivity contribution in [2.45, 2.75) is 0 Å². The summed E-state index contributed by atoms with van der Waals surface area (Å²) >= 11 is 7.89. The maximum Gasteiger partial charge on any atom is 0.139 e. The highest BCUT2D eigenvalue weighted by molar-refractivity contribution is 7.14. The predicted octanol–water partition coefficient (Wildman–Crippen LogP) is 4.06. The van der Waals surface area contributed by atoms with Crippen LogP contribution >= 0.6 is 22.9 Å². The van der Waals surface area contributed by atoms with Crippen LogP contribution in [-0.2, 0) is 7.05 Å². The Balaban J connectivity index is 2.29. The van der Waals surface area contributed by atoms with Gasteiger partial charge in [-0.25, -0.2) is 0 Å². The van der Waals surface area contributed by atoms with Crippen molar-refractivity contribution in [3.8, 4) is 27.4 Å². The summed E-state index contributed by atoms with van der Waals surface area (Å²) in [5.41, 5.74) is 8.70. The molecular weight excluding hydrogens is 306 g/mol. The van der Waals surface area contributed by atoms with E-state index in [-0.39, 0.29) is 0 Å². The molecule has 21 heavy (non-hydrogen) atoms. The predicted molar refractivity (Wildman–Crippen MR) is 87.9 cm³/mol. The lowest BCUT2D eigenvalue weighted by atomic mass is 10.0. The summed E-state index contributed by atoms with van der Waals surface area (Å²) < 4.78 is 7.06. The fraction of sp³-hybridized carbons (Fsp3) is 0.133. The van der Waals surface area contributed by atoms with Crippen molar-refractivity contribution < 1.29 is 4.74 Å². The molecule has 2 aromatic heterocycles. The number of rotatable bonds is 3. The van der Waals surface area contributed by atoms with Crippen molar-refractivity contribution in [3.05, 3.63) is 40.7 Å². The molecule has 0 amide bonds. The number of methoxy groups -OCH3 is 1. The molecule has 4 nitrogen and oxygen atoms in total. The number of aryl methyl sites for hydroxylation is 1. The van der Waals surface area contributed by atoms with Crippen LogP contribution in [0.25, 0.3) is 21.7 Å². The molecule has 2 N–H and O–H groups in total. The fourth-order valence-corrected chi connectivity index (χ4v) is 3.34. The molecule has 108 valence electrons. The zero-order chi connectivity index (χ0) is 15.0. The van der Waals surface area contributed by atoms with Gasteiger partial charge in [0, 0.05) is 17.6 Å². The summed E-state index contributed by atoms with van der Waals surface area (Å²) in [4.78, 5) is 0.944. The Bertz CT molecular complexity index is 794. The van der Waals surface area contributed by atoms with E-state index in [9.17, 15) is 0 Å². The molecule has 0 aliphatic carbocycles.